The Labute approximate surface area is 131 Å². The molecular formula is C14H10Cl3NO2. The zero-order chi connectivity index (χ0) is 14.7. The minimum atomic E-state index is -0.268. The van der Waals surface area contributed by atoms with Crippen LogP contribution in [0, 0.1) is 0 Å². The van der Waals surface area contributed by atoms with E-state index >= 15 is 0 Å². The number of nitrogens with one attached hydrogen (secondary N) is 1. The molecule has 0 aliphatic carbocycles. The second-order valence-electron chi connectivity index (χ2n) is 4.14. The number of rotatable bonds is 3. The summed E-state index contributed by atoms with van der Waals surface area (Å²) in [5.74, 6) is -0.154. The van der Waals surface area contributed by atoms with Crippen LogP contribution in [0.25, 0.3) is 0 Å². The number of aromatic hydroxyl groups is 1. The largest absolute Gasteiger partial charge is 0.508 e. The van der Waals surface area contributed by atoms with Gasteiger partial charge in [0.15, 0.2) is 0 Å². The number of phenolic OH excluding ortho intramolecular Hbond substituents is 1. The molecule has 0 aliphatic rings. The summed E-state index contributed by atoms with van der Waals surface area (Å²) in [7, 11) is 0. The molecule has 6 heteroatoms. The highest BCUT2D eigenvalue weighted by atomic mass is 35.5. The standard InChI is InChI=1S/C14H10Cl3NO2/c15-10-6-12(17)13(7-11(10)16)18-14(20)5-8-2-1-3-9(19)4-8/h1-4,6-7,19H,5H2,(H,18,20). The zero-order valence-electron chi connectivity index (χ0n) is 10.2. The fourth-order valence-corrected chi connectivity index (χ4v) is 2.26. The highest BCUT2D eigenvalue weighted by Gasteiger charge is 2.10. The van der Waals surface area contributed by atoms with E-state index in [1.54, 1.807) is 12.1 Å². The fraction of sp³-hybridized carbons (Fsp3) is 0.0714. The van der Waals surface area contributed by atoms with Crippen LogP contribution in [0.1, 0.15) is 5.56 Å². The van der Waals surface area contributed by atoms with Crippen molar-refractivity contribution in [2.24, 2.45) is 0 Å². The molecule has 1 amide bonds. The Hall–Kier alpha value is -1.42. The molecule has 0 atom stereocenters. The van der Waals surface area contributed by atoms with Crippen LogP contribution in [0.5, 0.6) is 5.75 Å². The summed E-state index contributed by atoms with van der Waals surface area (Å²) in [6.45, 7) is 0. The second-order valence-corrected chi connectivity index (χ2v) is 5.36. The molecule has 0 unspecified atom stereocenters. The van der Waals surface area contributed by atoms with Crippen molar-refractivity contribution in [2.75, 3.05) is 5.32 Å². The number of carbonyl (C=O) groups excluding carboxylic acids is 1. The van der Waals surface area contributed by atoms with Crippen LogP contribution < -0.4 is 5.32 Å². The van der Waals surface area contributed by atoms with Crippen molar-refractivity contribution < 1.29 is 9.90 Å². The molecule has 0 saturated heterocycles. The number of carbonyl (C=O) groups is 1. The first-order valence-corrected chi connectivity index (χ1v) is 6.81. The highest BCUT2D eigenvalue weighted by Crippen LogP contribution is 2.32. The van der Waals surface area contributed by atoms with Crippen molar-refractivity contribution in [2.45, 2.75) is 6.42 Å². The van der Waals surface area contributed by atoms with Crippen LogP contribution in [0.4, 0.5) is 5.69 Å². The topological polar surface area (TPSA) is 49.3 Å². The third-order valence-electron chi connectivity index (χ3n) is 2.56. The van der Waals surface area contributed by atoms with Gasteiger partial charge in [0.2, 0.25) is 5.91 Å². The number of benzene rings is 2. The van der Waals surface area contributed by atoms with Crippen LogP contribution in [0.3, 0.4) is 0 Å². The van der Waals surface area contributed by atoms with E-state index in [9.17, 15) is 9.90 Å². The van der Waals surface area contributed by atoms with Crippen molar-refractivity contribution in [3.63, 3.8) is 0 Å². The number of amides is 1. The predicted octanol–water partition coefficient (Wildman–Crippen LogP) is 4.53. The van der Waals surface area contributed by atoms with Crippen LogP contribution >= 0.6 is 34.8 Å². The minimum absolute atomic E-state index is 0.114. The third kappa shape index (κ3) is 3.79. The maximum absolute atomic E-state index is 11.9. The van der Waals surface area contributed by atoms with Gasteiger partial charge < -0.3 is 10.4 Å². The smallest absolute Gasteiger partial charge is 0.228 e. The Morgan fingerprint density at radius 1 is 1.05 bits per heavy atom. The molecule has 0 heterocycles. The van der Waals surface area contributed by atoms with Gasteiger partial charge in [-0.1, -0.05) is 46.9 Å². The Kier molecular flexibility index (Phi) is 4.76. The molecular weight excluding hydrogens is 321 g/mol. The van der Waals surface area contributed by atoms with Crippen molar-refractivity contribution in [1.29, 1.82) is 0 Å². The lowest BCUT2D eigenvalue weighted by Crippen LogP contribution is -2.14. The number of phenols is 1. The van der Waals surface area contributed by atoms with E-state index in [-0.39, 0.29) is 18.1 Å². The van der Waals surface area contributed by atoms with E-state index in [1.165, 1.54) is 24.3 Å². The van der Waals surface area contributed by atoms with Gasteiger partial charge in [0.05, 0.1) is 27.2 Å². The number of anilines is 1. The molecule has 2 N–H and O–H groups in total. The maximum atomic E-state index is 11.9. The average molecular weight is 331 g/mol. The first kappa shape index (κ1) is 15.0. The molecule has 0 bridgehead atoms. The quantitative estimate of drug-likeness (QED) is 0.812. The predicted molar refractivity (Wildman–Crippen MR) is 81.9 cm³/mol. The lowest BCUT2D eigenvalue weighted by Gasteiger charge is -2.09. The molecule has 0 aromatic heterocycles. The van der Waals surface area contributed by atoms with Gasteiger partial charge >= 0.3 is 0 Å². The van der Waals surface area contributed by atoms with Gasteiger partial charge in [-0.15, -0.1) is 0 Å². The zero-order valence-corrected chi connectivity index (χ0v) is 12.4. The Morgan fingerprint density at radius 3 is 2.45 bits per heavy atom. The molecule has 0 fully saturated rings. The SMILES string of the molecule is O=C(Cc1cccc(O)c1)Nc1cc(Cl)c(Cl)cc1Cl. The molecule has 2 rings (SSSR count). The van der Waals surface area contributed by atoms with E-state index < -0.39 is 0 Å². The Balaban J connectivity index is 2.10. The van der Waals surface area contributed by atoms with Crippen molar-refractivity contribution in [1.82, 2.24) is 0 Å². The fourth-order valence-electron chi connectivity index (χ4n) is 1.66. The Morgan fingerprint density at radius 2 is 1.75 bits per heavy atom. The van der Waals surface area contributed by atoms with Gasteiger partial charge in [-0.2, -0.15) is 0 Å². The Bertz CT molecular complexity index is 659. The summed E-state index contributed by atoms with van der Waals surface area (Å²) in [5, 5.41) is 12.9. The first-order chi connectivity index (χ1) is 9.45. The number of hydrogen-bond donors (Lipinski definition) is 2. The average Bonchev–Trinajstić information content (AvgIpc) is 2.36. The van der Waals surface area contributed by atoms with E-state index in [1.807, 2.05) is 0 Å². The molecule has 2 aromatic rings. The van der Waals surface area contributed by atoms with Gasteiger partial charge in [-0.25, -0.2) is 0 Å². The van der Waals surface area contributed by atoms with Gasteiger partial charge in [0.1, 0.15) is 5.75 Å². The lowest BCUT2D eigenvalue weighted by atomic mass is 10.1. The molecule has 20 heavy (non-hydrogen) atoms. The molecule has 0 saturated carbocycles. The van der Waals surface area contributed by atoms with Crippen molar-refractivity contribution in [3.8, 4) is 5.75 Å². The van der Waals surface area contributed by atoms with Gasteiger partial charge in [-0.05, 0) is 29.8 Å². The molecule has 104 valence electrons. The molecule has 0 aliphatic heterocycles. The van der Waals surface area contributed by atoms with Gasteiger partial charge in [0.25, 0.3) is 0 Å². The molecule has 0 spiro atoms. The number of halogens is 3. The van der Waals surface area contributed by atoms with Crippen molar-refractivity contribution in [3.05, 3.63) is 57.0 Å². The monoisotopic (exact) mass is 329 g/mol. The number of hydrogen-bond acceptors (Lipinski definition) is 2. The van der Waals surface area contributed by atoms with E-state index in [4.69, 9.17) is 34.8 Å². The lowest BCUT2D eigenvalue weighted by molar-refractivity contribution is -0.115. The van der Waals surface area contributed by atoms with Crippen LogP contribution in [-0.2, 0) is 11.2 Å². The van der Waals surface area contributed by atoms with E-state index in [0.717, 1.165) is 0 Å². The van der Waals surface area contributed by atoms with Crippen LogP contribution in [0.2, 0.25) is 15.1 Å². The minimum Gasteiger partial charge on any atom is -0.508 e. The summed E-state index contributed by atoms with van der Waals surface area (Å²) in [6, 6.07) is 9.44. The summed E-state index contributed by atoms with van der Waals surface area (Å²) in [5.41, 5.74) is 1.09. The van der Waals surface area contributed by atoms with Crippen LogP contribution in [-0.4, -0.2) is 11.0 Å². The normalized spacial score (nSPS) is 10.3. The second kappa shape index (κ2) is 6.35. The van der Waals surface area contributed by atoms with E-state index in [2.05, 4.69) is 5.32 Å². The summed E-state index contributed by atoms with van der Waals surface area (Å²) >= 11 is 17.7. The summed E-state index contributed by atoms with van der Waals surface area (Å²) in [4.78, 5) is 11.9. The summed E-state index contributed by atoms with van der Waals surface area (Å²) < 4.78 is 0. The van der Waals surface area contributed by atoms with Gasteiger partial charge in [-0.3, -0.25) is 4.79 Å². The molecule has 3 nitrogen and oxygen atoms in total. The maximum Gasteiger partial charge on any atom is 0.228 e. The summed E-state index contributed by atoms with van der Waals surface area (Å²) in [6.07, 6.45) is 0.116. The van der Waals surface area contributed by atoms with Gasteiger partial charge in [0, 0.05) is 0 Å². The van der Waals surface area contributed by atoms with Crippen LogP contribution in [0.15, 0.2) is 36.4 Å². The van der Waals surface area contributed by atoms with E-state index in [0.29, 0.717) is 26.3 Å². The molecule has 0 radical (unpaired) electrons. The highest BCUT2D eigenvalue weighted by molar-refractivity contribution is 6.44. The first-order valence-electron chi connectivity index (χ1n) is 5.68. The third-order valence-corrected chi connectivity index (χ3v) is 3.59. The van der Waals surface area contributed by atoms with Crippen molar-refractivity contribution >= 4 is 46.4 Å². The molecule has 2 aromatic carbocycles.